The molecule has 1 aromatic carbocycles. The minimum atomic E-state index is -0.121. The third-order valence-corrected chi connectivity index (χ3v) is 2.97. The van der Waals surface area contributed by atoms with E-state index in [1.54, 1.807) is 0 Å². The van der Waals surface area contributed by atoms with Crippen LogP contribution in [0.3, 0.4) is 0 Å². The number of para-hydroxylation sites is 1. The molecule has 0 saturated heterocycles. The molecule has 0 aliphatic carbocycles. The lowest BCUT2D eigenvalue weighted by Gasteiger charge is -2.00. The van der Waals surface area contributed by atoms with Gasteiger partial charge >= 0.3 is 5.97 Å². The number of hydrogen-bond donors (Lipinski definition) is 0. The standard InChI is InChI=1S/C17H19NO2/c1-2-20-17(19)11-5-3-4-9-15-13-12-14-8-6-7-10-16(14)18-15/h4,6-10,12-13H,2-3,5,11H2,1H3/b9-4+. The maximum Gasteiger partial charge on any atom is 0.305 e. The van der Waals surface area contributed by atoms with Crippen molar-refractivity contribution in [2.24, 2.45) is 0 Å². The van der Waals surface area contributed by atoms with Gasteiger partial charge < -0.3 is 4.74 Å². The van der Waals surface area contributed by atoms with Crippen LogP contribution in [0.15, 0.2) is 42.5 Å². The fourth-order valence-corrected chi connectivity index (χ4v) is 1.98. The number of hydrogen-bond acceptors (Lipinski definition) is 3. The summed E-state index contributed by atoms with van der Waals surface area (Å²) in [4.78, 5) is 15.7. The van der Waals surface area contributed by atoms with Crippen LogP contribution in [0.25, 0.3) is 17.0 Å². The number of pyridine rings is 1. The van der Waals surface area contributed by atoms with Gasteiger partial charge in [0.05, 0.1) is 17.8 Å². The van der Waals surface area contributed by atoms with Crippen LogP contribution in [0.5, 0.6) is 0 Å². The number of esters is 1. The van der Waals surface area contributed by atoms with Crippen molar-refractivity contribution in [2.45, 2.75) is 26.2 Å². The molecule has 0 saturated carbocycles. The summed E-state index contributed by atoms with van der Waals surface area (Å²) >= 11 is 0. The van der Waals surface area contributed by atoms with Crippen LogP contribution in [-0.2, 0) is 9.53 Å². The first-order valence-corrected chi connectivity index (χ1v) is 6.97. The summed E-state index contributed by atoms with van der Waals surface area (Å²) in [6.07, 6.45) is 6.19. The molecule has 1 heterocycles. The van der Waals surface area contributed by atoms with Crippen molar-refractivity contribution in [1.29, 1.82) is 0 Å². The van der Waals surface area contributed by atoms with Crippen LogP contribution < -0.4 is 0 Å². The summed E-state index contributed by atoms with van der Waals surface area (Å²) in [6, 6.07) is 12.1. The highest BCUT2D eigenvalue weighted by Gasteiger charge is 1.99. The van der Waals surface area contributed by atoms with Gasteiger partial charge in [0.2, 0.25) is 0 Å². The molecule has 3 heteroatoms. The molecule has 0 unspecified atom stereocenters. The SMILES string of the molecule is CCOC(=O)CCC/C=C/c1ccc2ccccc2n1. The van der Waals surface area contributed by atoms with Crippen LogP contribution in [0.2, 0.25) is 0 Å². The Morgan fingerprint density at radius 1 is 1.25 bits per heavy atom. The summed E-state index contributed by atoms with van der Waals surface area (Å²) in [7, 11) is 0. The summed E-state index contributed by atoms with van der Waals surface area (Å²) in [5.41, 5.74) is 1.95. The van der Waals surface area contributed by atoms with E-state index in [1.165, 1.54) is 0 Å². The molecule has 0 spiro atoms. The molecule has 1 aromatic heterocycles. The van der Waals surface area contributed by atoms with Crippen LogP contribution in [-0.4, -0.2) is 17.6 Å². The van der Waals surface area contributed by atoms with Crippen molar-refractivity contribution in [3.63, 3.8) is 0 Å². The highest BCUT2D eigenvalue weighted by Crippen LogP contribution is 2.13. The average Bonchev–Trinajstić information content (AvgIpc) is 2.47. The van der Waals surface area contributed by atoms with Crippen LogP contribution in [0, 0.1) is 0 Å². The Morgan fingerprint density at radius 3 is 2.95 bits per heavy atom. The maximum atomic E-state index is 11.2. The second kappa shape index (κ2) is 7.43. The molecule has 0 aliphatic rings. The molecular weight excluding hydrogens is 250 g/mol. The highest BCUT2D eigenvalue weighted by molar-refractivity contribution is 5.79. The Bertz CT molecular complexity index is 605. The summed E-state index contributed by atoms with van der Waals surface area (Å²) < 4.78 is 4.88. The van der Waals surface area contributed by atoms with Gasteiger partial charge in [0.15, 0.2) is 0 Å². The Labute approximate surface area is 119 Å². The summed E-state index contributed by atoms with van der Waals surface area (Å²) in [5.74, 6) is -0.121. The van der Waals surface area contributed by atoms with E-state index >= 15 is 0 Å². The molecule has 0 N–H and O–H groups in total. The Morgan fingerprint density at radius 2 is 2.10 bits per heavy atom. The zero-order chi connectivity index (χ0) is 14.2. The van der Waals surface area contributed by atoms with E-state index < -0.39 is 0 Å². The number of aromatic nitrogens is 1. The predicted molar refractivity (Wildman–Crippen MR) is 81.3 cm³/mol. The van der Waals surface area contributed by atoms with Crippen molar-refractivity contribution in [1.82, 2.24) is 4.98 Å². The number of benzene rings is 1. The second-order valence-electron chi connectivity index (χ2n) is 4.53. The van der Waals surface area contributed by atoms with E-state index in [4.69, 9.17) is 4.74 Å². The molecule has 20 heavy (non-hydrogen) atoms. The van der Waals surface area contributed by atoms with Crippen LogP contribution in [0.4, 0.5) is 0 Å². The molecule has 104 valence electrons. The molecule has 0 radical (unpaired) electrons. The Hall–Kier alpha value is -2.16. The van der Waals surface area contributed by atoms with Gasteiger partial charge in [0.1, 0.15) is 0 Å². The van der Waals surface area contributed by atoms with Crippen molar-refractivity contribution in [2.75, 3.05) is 6.61 Å². The lowest BCUT2D eigenvalue weighted by molar-refractivity contribution is -0.143. The fourth-order valence-electron chi connectivity index (χ4n) is 1.98. The first-order chi connectivity index (χ1) is 9.79. The van der Waals surface area contributed by atoms with Gasteiger partial charge in [0, 0.05) is 11.8 Å². The van der Waals surface area contributed by atoms with Crippen LogP contribution >= 0.6 is 0 Å². The summed E-state index contributed by atoms with van der Waals surface area (Å²) in [6.45, 7) is 2.28. The van der Waals surface area contributed by atoms with E-state index in [1.807, 2.05) is 37.3 Å². The largest absolute Gasteiger partial charge is 0.466 e. The molecule has 3 nitrogen and oxygen atoms in total. The van der Waals surface area contributed by atoms with Crippen molar-refractivity contribution < 1.29 is 9.53 Å². The van der Waals surface area contributed by atoms with Gasteiger partial charge in [-0.1, -0.05) is 30.3 Å². The van der Waals surface area contributed by atoms with Gasteiger partial charge in [-0.2, -0.15) is 0 Å². The first-order valence-electron chi connectivity index (χ1n) is 6.97. The number of unbranched alkanes of at least 4 members (excludes halogenated alkanes) is 1. The molecule has 0 fully saturated rings. The van der Waals surface area contributed by atoms with Gasteiger partial charge in [-0.25, -0.2) is 4.98 Å². The van der Waals surface area contributed by atoms with Gasteiger partial charge in [-0.3, -0.25) is 4.79 Å². The van der Waals surface area contributed by atoms with Gasteiger partial charge in [-0.15, -0.1) is 0 Å². The zero-order valence-electron chi connectivity index (χ0n) is 11.7. The normalized spacial score (nSPS) is 11.1. The minimum absolute atomic E-state index is 0.121. The van der Waals surface area contributed by atoms with E-state index in [0.717, 1.165) is 29.4 Å². The smallest absolute Gasteiger partial charge is 0.305 e. The Kier molecular flexibility index (Phi) is 5.30. The molecule has 0 atom stereocenters. The Balaban J connectivity index is 1.85. The minimum Gasteiger partial charge on any atom is -0.466 e. The fraction of sp³-hybridized carbons (Fsp3) is 0.294. The second-order valence-corrected chi connectivity index (χ2v) is 4.53. The number of fused-ring (bicyclic) bond motifs is 1. The van der Waals surface area contributed by atoms with Gasteiger partial charge in [0.25, 0.3) is 0 Å². The quantitative estimate of drug-likeness (QED) is 0.588. The third kappa shape index (κ3) is 4.19. The van der Waals surface area contributed by atoms with Crippen molar-refractivity contribution in [3.8, 4) is 0 Å². The molecular formula is C17H19NO2. The van der Waals surface area contributed by atoms with E-state index in [9.17, 15) is 4.79 Å². The number of rotatable bonds is 6. The number of nitrogens with zero attached hydrogens (tertiary/aromatic N) is 1. The number of ether oxygens (including phenoxy) is 1. The number of allylic oxidation sites excluding steroid dienone is 1. The monoisotopic (exact) mass is 269 g/mol. The highest BCUT2D eigenvalue weighted by atomic mass is 16.5. The van der Waals surface area contributed by atoms with Crippen molar-refractivity contribution in [3.05, 3.63) is 48.2 Å². The predicted octanol–water partition coefficient (Wildman–Crippen LogP) is 3.98. The number of carbonyl (C=O) groups is 1. The van der Waals surface area contributed by atoms with E-state index in [-0.39, 0.29) is 5.97 Å². The van der Waals surface area contributed by atoms with Gasteiger partial charge in [-0.05, 0) is 38.0 Å². The van der Waals surface area contributed by atoms with Crippen molar-refractivity contribution >= 4 is 22.9 Å². The molecule has 0 bridgehead atoms. The first kappa shape index (κ1) is 14.3. The average molecular weight is 269 g/mol. The third-order valence-electron chi connectivity index (χ3n) is 2.97. The van der Waals surface area contributed by atoms with E-state index in [0.29, 0.717) is 13.0 Å². The molecule has 0 aliphatic heterocycles. The van der Waals surface area contributed by atoms with Crippen LogP contribution in [0.1, 0.15) is 31.9 Å². The van der Waals surface area contributed by atoms with E-state index in [2.05, 4.69) is 23.2 Å². The molecule has 2 rings (SSSR count). The molecule has 2 aromatic rings. The zero-order valence-corrected chi connectivity index (χ0v) is 11.7. The molecule has 0 amide bonds. The number of carbonyl (C=O) groups excluding carboxylic acids is 1. The topological polar surface area (TPSA) is 39.2 Å². The summed E-state index contributed by atoms with van der Waals surface area (Å²) in [5, 5.41) is 1.15. The lowest BCUT2D eigenvalue weighted by atomic mass is 10.2. The lowest BCUT2D eigenvalue weighted by Crippen LogP contribution is -2.02. The maximum absolute atomic E-state index is 11.2.